The predicted molar refractivity (Wildman–Crippen MR) is 103 cm³/mol. The maximum absolute atomic E-state index is 13.1. The molecule has 1 saturated carbocycles. The van der Waals surface area contributed by atoms with Gasteiger partial charge in [0.1, 0.15) is 6.04 Å². The zero-order chi connectivity index (χ0) is 20.9. The van der Waals surface area contributed by atoms with Crippen molar-refractivity contribution in [2.75, 3.05) is 4.90 Å². The van der Waals surface area contributed by atoms with Crippen molar-refractivity contribution in [1.29, 1.82) is 0 Å². The van der Waals surface area contributed by atoms with Crippen LogP contribution in [0, 0.1) is 5.92 Å². The first-order chi connectivity index (χ1) is 13.0. The molecular formula is C19H25N3O5S. The number of amides is 3. The second kappa shape index (κ2) is 6.97. The molecule has 1 aromatic rings. The van der Waals surface area contributed by atoms with Crippen molar-refractivity contribution in [1.82, 2.24) is 4.90 Å². The molecule has 1 aromatic carbocycles. The number of sulfonamides is 1. The molecule has 3 rings (SSSR count). The highest BCUT2D eigenvalue weighted by atomic mass is 32.2. The van der Waals surface area contributed by atoms with Crippen LogP contribution in [0.25, 0.3) is 0 Å². The molecule has 3 amide bonds. The Labute approximate surface area is 164 Å². The Bertz CT molecular complexity index is 919. The topological polar surface area (TPSA) is 118 Å². The minimum absolute atomic E-state index is 0.0724. The van der Waals surface area contributed by atoms with Crippen LogP contribution in [0.15, 0.2) is 29.2 Å². The smallest absolute Gasteiger partial charge is 0.257 e. The van der Waals surface area contributed by atoms with Crippen LogP contribution in [-0.2, 0) is 24.4 Å². The Balaban J connectivity index is 1.92. The fourth-order valence-electron chi connectivity index (χ4n) is 3.44. The van der Waals surface area contributed by atoms with Crippen molar-refractivity contribution in [2.45, 2.75) is 62.9 Å². The van der Waals surface area contributed by atoms with Gasteiger partial charge in [-0.2, -0.15) is 0 Å². The van der Waals surface area contributed by atoms with E-state index < -0.39 is 33.4 Å². The number of imide groups is 1. The molecule has 1 saturated heterocycles. The molecule has 1 unspecified atom stereocenters. The van der Waals surface area contributed by atoms with Crippen LogP contribution in [0.1, 0.15) is 46.5 Å². The molecular weight excluding hydrogens is 382 g/mol. The van der Waals surface area contributed by atoms with Gasteiger partial charge in [0.05, 0.1) is 17.0 Å². The van der Waals surface area contributed by atoms with E-state index in [1.54, 1.807) is 4.90 Å². The number of anilines is 1. The minimum Gasteiger partial charge on any atom is -0.325 e. The summed E-state index contributed by atoms with van der Waals surface area (Å²) in [5, 5.41) is 5.09. The molecule has 8 nitrogen and oxygen atoms in total. The predicted octanol–water partition coefficient (Wildman–Crippen LogP) is 1.39. The van der Waals surface area contributed by atoms with E-state index in [-0.39, 0.29) is 28.8 Å². The summed E-state index contributed by atoms with van der Waals surface area (Å²) in [6.07, 6.45) is 2.18. The van der Waals surface area contributed by atoms with Gasteiger partial charge in [-0.25, -0.2) is 18.5 Å². The van der Waals surface area contributed by atoms with Gasteiger partial charge in [-0.1, -0.05) is 6.92 Å². The van der Waals surface area contributed by atoms with Crippen LogP contribution >= 0.6 is 0 Å². The number of hydrogen-bond acceptors (Lipinski definition) is 5. The Morgan fingerprint density at radius 3 is 2.25 bits per heavy atom. The summed E-state index contributed by atoms with van der Waals surface area (Å²) in [5.74, 6) is -1.04. The van der Waals surface area contributed by atoms with Crippen molar-refractivity contribution in [3.63, 3.8) is 0 Å². The first-order valence-corrected chi connectivity index (χ1v) is 10.8. The van der Waals surface area contributed by atoms with E-state index in [1.165, 1.54) is 24.3 Å². The fraction of sp³-hybridized carbons (Fsp3) is 0.526. The largest absolute Gasteiger partial charge is 0.325 e. The summed E-state index contributed by atoms with van der Waals surface area (Å²) < 4.78 is 22.8. The van der Waals surface area contributed by atoms with Crippen LogP contribution in [0.2, 0.25) is 0 Å². The average Bonchev–Trinajstić information content (AvgIpc) is 3.41. The standard InChI is InChI=1S/C19H25N3O5S/c1-4-19(2,3)22(17(24)12-5-6-12)15-11-16(23)21(18(15)25)13-7-9-14(10-8-13)28(20,26)27/h7-10,12,15H,4-6,11H2,1-3H3,(H2,20,26,27). The van der Waals surface area contributed by atoms with Gasteiger partial charge in [0.2, 0.25) is 21.8 Å². The van der Waals surface area contributed by atoms with Gasteiger partial charge in [0, 0.05) is 11.5 Å². The normalized spacial score (nSPS) is 20.6. The van der Waals surface area contributed by atoms with Gasteiger partial charge in [-0.15, -0.1) is 0 Å². The van der Waals surface area contributed by atoms with E-state index in [9.17, 15) is 22.8 Å². The van der Waals surface area contributed by atoms with Gasteiger partial charge in [0.15, 0.2) is 0 Å². The zero-order valence-corrected chi connectivity index (χ0v) is 17.0. The zero-order valence-electron chi connectivity index (χ0n) is 16.2. The fourth-order valence-corrected chi connectivity index (χ4v) is 3.96. The maximum Gasteiger partial charge on any atom is 0.257 e. The van der Waals surface area contributed by atoms with E-state index in [4.69, 9.17) is 5.14 Å². The quantitative estimate of drug-likeness (QED) is 0.715. The number of rotatable bonds is 6. The Morgan fingerprint density at radius 2 is 1.79 bits per heavy atom. The van der Waals surface area contributed by atoms with Crippen molar-refractivity contribution in [2.24, 2.45) is 11.1 Å². The van der Waals surface area contributed by atoms with Crippen molar-refractivity contribution < 1.29 is 22.8 Å². The molecule has 28 heavy (non-hydrogen) atoms. The Morgan fingerprint density at radius 1 is 1.21 bits per heavy atom. The third kappa shape index (κ3) is 3.68. The molecule has 1 atom stereocenters. The lowest BCUT2D eigenvalue weighted by atomic mass is 9.95. The first kappa shape index (κ1) is 20.5. The molecule has 9 heteroatoms. The van der Waals surface area contributed by atoms with Crippen molar-refractivity contribution in [3.05, 3.63) is 24.3 Å². The monoisotopic (exact) mass is 407 g/mol. The summed E-state index contributed by atoms with van der Waals surface area (Å²) >= 11 is 0. The second-order valence-electron chi connectivity index (χ2n) is 7.97. The summed E-state index contributed by atoms with van der Waals surface area (Å²) in [6, 6.07) is 4.39. The van der Waals surface area contributed by atoms with E-state index in [2.05, 4.69) is 0 Å². The third-order valence-corrected chi connectivity index (χ3v) is 6.47. The number of nitrogens with two attached hydrogens (primary N) is 1. The molecule has 152 valence electrons. The first-order valence-electron chi connectivity index (χ1n) is 9.30. The number of nitrogens with zero attached hydrogens (tertiary/aromatic N) is 2. The van der Waals surface area contributed by atoms with Crippen LogP contribution in [0.3, 0.4) is 0 Å². The van der Waals surface area contributed by atoms with Gasteiger partial charge >= 0.3 is 0 Å². The molecule has 2 fully saturated rings. The van der Waals surface area contributed by atoms with Gasteiger partial charge in [-0.05, 0) is 57.4 Å². The average molecular weight is 407 g/mol. The minimum atomic E-state index is -3.87. The van der Waals surface area contributed by atoms with Crippen molar-refractivity contribution in [3.8, 4) is 0 Å². The molecule has 1 aliphatic heterocycles. The van der Waals surface area contributed by atoms with E-state index in [0.29, 0.717) is 6.42 Å². The van der Waals surface area contributed by atoms with Crippen LogP contribution in [0.5, 0.6) is 0 Å². The van der Waals surface area contributed by atoms with E-state index in [0.717, 1.165) is 17.7 Å². The summed E-state index contributed by atoms with van der Waals surface area (Å²) in [5.41, 5.74) is -0.300. The molecule has 1 heterocycles. The van der Waals surface area contributed by atoms with E-state index >= 15 is 0 Å². The SMILES string of the molecule is CCC(C)(C)N(C(=O)C1CC1)C1CC(=O)N(c2ccc(S(N)(=O)=O)cc2)C1=O. The molecule has 0 radical (unpaired) electrons. The van der Waals surface area contributed by atoms with Crippen LogP contribution in [0.4, 0.5) is 5.69 Å². The number of benzene rings is 1. The van der Waals surface area contributed by atoms with Crippen molar-refractivity contribution >= 4 is 33.4 Å². The highest BCUT2D eigenvalue weighted by Gasteiger charge is 2.50. The summed E-state index contributed by atoms with van der Waals surface area (Å²) in [4.78, 5) is 41.2. The highest BCUT2D eigenvalue weighted by molar-refractivity contribution is 7.89. The van der Waals surface area contributed by atoms with E-state index in [1.807, 2.05) is 20.8 Å². The molecule has 0 aromatic heterocycles. The molecule has 0 bridgehead atoms. The third-order valence-electron chi connectivity index (χ3n) is 5.54. The van der Waals surface area contributed by atoms with Crippen LogP contribution < -0.4 is 10.0 Å². The number of primary sulfonamides is 1. The molecule has 1 aliphatic carbocycles. The van der Waals surface area contributed by atoms with Gasteiger partial charge in [-0.3, -0.25) is 14.4 Å². The highest BCUT2D eigenvalue weighted by Crippen LogP contribution is 2.38. The lowest BCUT2D eigenvalue weighted by Crippen LogP contribution is -2.56. The van der Waals surface area contributed by atoms with Crippen LogP contribution in [-0.4, -0.2) is 42.6 Å². The summed E-state index contributed by atoms with van der Waals surface area (Å²) in [7, 11) is -3.87. The number of carbonyl (C=O) groups is 3. The van der Waals surface area contributed by atoms with Gasteiger partial charge in [0.25, 0.3) is 5.91 Å². The molecule has 0 spiro atoms. The molecule has 2 N–H and O–H groups in total. The Kier molecular flexibility index (Phi) is 5.09. The number of hydrogen-bond donors (Lipinski definition) is 1. The second-order valence-corrected chi connectivity index (χ2v) is 9.54. The number of carbonyl (C=O) groups excluding carboxylic acids is 3. The summed E-state index contributed by atoms with van der Waals surface area (Å²) in [6.45, 7) is 5.74. The lowest BCUT2D eigenvalue weighted by Gasteiger charge is -2.41. The Hall–Kier alpha value is -2.26. The molecule has 2 aliphatic rings. The maximum atomic E-state index is 13.1. The van der Waals surface area contributed by atoms with Gasteiger partial charge < -0.3 is 4.90 Å². The lowest BCUT2D eigenvalue weighted by molar-refractivity contribution is -0.146.